The molecule has 0 unspecified atom stereocenters. The monoisotopic (exact) mass is 392 g/mol. The first-order chi connectivity index (χ1) is 13.6. The van der Waals surface area contributed by atoms with E-state index in [0.717, 1.165) is 11.3 Å². The number of carbonyl (C=O) groups excluding carboxylic acids is 1. The molecule has 140 valence electrons. The summed E-state index contributed by atoms with van der Waals surface area (Å²) >= 11 is 1.07. The molecule has 0 aliphatic heterocycles. The van der Waals surface area contributed by atoms with E-state index in [-0.39, 0.29) is 28.9 Å². The van der Waals surface area contributed by atoms with Gasteiger partial charge in [0.2, 0.25) is 0 Å². The summed E-state index contributed by atoms with van der Waals surface area (Å²) in [6.45, 7) is 3.97. The molecule has 0 atom stereocenters. The molecule has 8 heteroatoms. The van der Waals surface area contributed by atoms with E-state index in [1.54, 1.807) is 36.5 Å². The predicted molar refractivity (Wildman–Crippen MR) is 105 cm³/mol. The molecular formula is C20H16N4O3S. The maximum atomic E-state index is 12.8. The van der Waals surface area contributed by atoms with Gasteiger partial charge in [0.25, 0.3) is 11.5 Å². The quantitative estimate of drug-likeness (QED) is 0.628. The number of carbonyl (C=O) groups is 1. The number of allylic oxidation sites excluding steroid dienone is 1. The average Bonchev–Trinajstić information content (AvgIpc) is 3.32. The fourth-order valence-electron chi connectivity index (χ4n) is 2.46. The van der Waals surface area contributed by atoms with Crippen LogP contribution in [0.3, 0.4) is 0 Å². The lowest BCUT2D eigenvalue weighted by molar-refractivity contribution is -0.115. The molecule has 3 rings (SSSR count). The first kappa shape index (κ1) is 19.1. The molecule has 28 heavy (non-hydrogen) atoms. The second-order valence-electron chi connectivity index (χ2n) is 5.62. The number of furan rings is 1. The Morgan fingerprint density at radius 3 is 2.89 bits per heavy atom. The Hall–Kier alpha value is -3.70. The molecule has 0 bridgehead atoms. The smallest absolute Gasteiger partial charge is 0.269 e. The minimum atomic E-state index is -0.581. The summed E-state index contributed by atoms with van der Waals surface area (Å²) in [5.74, 6) is -0.0215. The molecule has 1 amide bonds. The van der Waals surface area contributed by atoms with E-state index in [0.29, 0.717) is 16.0 Å². The second kappa shape index (κ2) is 8.79. The van der Waals surface area contributed by atoms with Crippen LogP contribution in [0.5, 0.6) is 0 Å². The van der Waals surface area contributed by atoms with Gasteiger partial charge in [-0.05, 0) is 30.3 Å². The maximum absolute atomic E-state index is 12.8. The van der Waals surface area contributed by atoms with Crippen LogP contribution >= 0.6 is 11.3 Å². The molecule has 0 fully saturated rings. The van der Waals surface area contributed by atoms with Crippen LogP contribution in [-0.2, 0) is 17.9 Å². The third kappa shape index (κ3) is 4.16. The third-order valence-electron chi connectivity index (χ3n) is 3.74. The molecular weight excluding hydrogens is 376 g/mol. The van der Waals surface area contributed by atoms with E-state index in [1.165, 1.54) is 16.9 Å². The minimum absolute atomic E-state index is 0.140. The lowest BCUT2D eigenvalue weighted by Crippen LogP contribution is -2.34. The molecule has 0 saturated heterocycles. The van der Waals surface area contributed by atoms with Crippen LogP contribution < -0.4 is 20.1 Å². The van der Waals surface area contributed by atoms with Gasteiger partial charge in [0.1, 0.15) is 16.5 Å². The number of aromatic nitrogens is 2. The van der Waals surface area contributed by atoms with Crippen molar-refractivity contribution in [3.05, 3.63) is 86.4 Å². The van der Waals surface area contributed by atoms with E-state index >= 15 is 0 Å². The summed E-state index contributed by atoms with van der Waals surface area (Å²) < 4.78 is 7.18. The molecule has 0 saturated carbocycles. The van der Waals surface area contributed by atoms with Crippen molar-refractivity contribution in [3.63, 3.8) is 0 Å². The van der Waals surface area contributed by atoms with Gasteiger partial charge in [0.15, 0.2) is 5.57 Å². The standard InChI is InChI=1S/C20H16N4O3S/c1-2-9-24-19(26)17(11-14-6-3-4-8-22-14)28-20(24)16(12-21)18(25)23-13-15-7-5-10-27-15/h2-8,10-11H,1,9,13H2,(H,23,25). The molecule has 1 N–H and O–H groups in total. The number of hydrogen-bond acceptors (Lipinski definition) is 6. The van der Waals surface area contributed by atoms with Gasteiger partial charge in [0.05, 0.1) is 23.0 Å². The number of thiazole rings is 1. The Bertz CT molecular complexity index is 1200. The zero-order chi connectivity index (χ0) is 19.9. The fraction of sp³-hybridized carbons (Fsp3) is 0.100. The Morgan fingerprint density at radius 1 is 1.39 bits per heavy atom. The van der Waals surface area contributed by atoms with Crippen LogP contribution in [0.4, 0.5) is 0 Å². The van der Waals surface area contributed by atoms with E-state index in [9.17, 15) is 14.9 Å². The third-order valence-corrected chi connectivity index (χ3v) is 4.87. The Morgan fingerprint density at radius 2 is 2.25 bits per heavy atom. The fourth-order valence-corrected chi connectivity index (χ4v) is 3.55. The van der Waals surface area contributed by atoms with Crippen molar-refractivity contribution in [2.45, 2.75) is 13.1 Å². The summed E-state index contributed by atoms with van der Waals surface area (Å²) in [5, 5.41) is 12.2. The van der Waals surface area contributed by atoms with Gasteiger partial charge >= 0.3 is 0 Å². The van der Waals surface area contributed by atoms with Crippen LogP contribution in [0.15, 0.2) is 64.7 Å². The zero-order valence-corrected chi connectivity index (χ0v) is 15.6. The Balaban J connectivity index is 2.09. The molecule has 3 aromatic heterocycles. The highest BCUT2D eigenvalue weighted by Gasteiger charge is 2.15. The van der Waals surface area contributed by atoms with Crippen molar-refractivity contribution in [2.75, 3.05) is 0 Å². The second-order valence-corrected chi connectivity index (χ2v) is 6.65. The van der Waals surface area contributed by atoms with Gasteiger partial charge in [-0.15, -0.1) is 17.9 Å². The maximum Gasteiger partial charge on any atom is 0.269 e. The number of nitrogens with zero attached hydrogens (tertiary/aromatic N) is 3. The summed E-state index contributed by atoms with van der Waals surface area (Å²) in [5.41, 5.74) is 0.159. The first-order valence-corrected chi connectivity index (χ1v) is 9.14. The van der Waals surface area contributed by atoms with E-state index in [4.69, 9.17) is 4.42 Å². The van der Waals surface area contributed by atoms with Crippen molar-refractivity contribution in [1.82, 2.24) is 14.9 Å². The van der Waals surface area contributed by atoms with Crippen LogP contribution in [-0.4, -0.2) is 15.5 Å². The van der Waals surface area contributed by atoms with E-state index in [1.807, 2.05) is 12.1 Å². The zero-order valence-electron chi connectivity index (χ0n) is 14.8. The molecule has 0 aliphatic rings. The Kier molecular flexibility index (Phi) is 5.99. The molecule has 0 spiro atoms. The number of nitriles is 1. The van der Waals surface area contributed by atoms with Crippen molar-refractivity contribution in [3.8, 4) is 6.07 Å². The van der Waals surface area contributed by atoms with Crippen LogP contribution in [0.25, 0.3) is 11.6 Å². The van der Waals surface area contributed by atoms with E-state index < -0.39 is 5.91 Å². The predicted octanol–water partition coefficient (Wildman–Crippen LogP) is 0.903. The number of amides is 1. The Labute approximate surface area is 164 Å². The van der Waals surface area contributed by atoms with Crippen molar-refractivity contribution >= 4 is 28.9 Å². The number of pyridine rings is 1. The number of rotatable bonds is 6. The van der Waals surface area contributed by atoms with Gasteiger partial charge in [-0.2, -0.15) is 5.26 Å². The number of nitrogens with one attached hydrogen (secondary N) is 1. The summed E-state index contributed by atoms with van der Waals surface area (Å²) in [6, 6.07) is 10.7. The summed E-state index contributed by atoms with van der Waals surface area (Å²) in [7, 11) is 0. The molecule has 3 aromatic rings. The lowest BCUT2D eigenvalue weighted by atomic mass is 10.3. The number of hydrogen-bond donors (Lipinski definition) is 1. The van der Waals surface area contributed by atoms with Crippen molar-refractivity contribution in [2.24, 2.45) is 0 Å². The van der Waals surface area contributed by atoms with Crippen LogP contribution in [0.1, 0.15) is 11.5 Å². The van der Waals surface area contributed by atoms with Gasteiger partial charge in [-0.3, -0.25) is 19.1 Å². The first-order valence-electron chi connectivity index (χ1n) is 8.32. The van der Waals surface area contributed by atoms with Gasteiger partial charge < -0.3 is 9.73 Å². The molecule has 0 radical (unpaired) electrons. The van der Waals surface area contributed by atoms with Crippen LogP contribution in [0.2, 0.25) is 0 Å². The molecule has 7 nitrogen and oxygen atoms in total. The van der Waals surface area contributed by atoms with Gasteiger partial charge in [-0.1, -0.05) is 12.1 Å². The lowest BCUT2D eigenvalue weighted by Gasteiger charge is -2.02. The molecule has 0 aliphatic carbocycles. The molecule has 3 heterocycles. The largest absolute Gasteiger partial charge is 0.467 e. The van der Waals surface area contributed by atoms with Gasteiger partial charge in [-0.25, -0.2) is 0 Å². The normalized spacial score (nSPS) is 12.3. The summed E-state index contributed by atoms with van der Waals surface area (Å²) in [6.07, 6.45) is 6.29. The van der Waals surface area contributed by atoms with Crippen molar-refractivity contribution < 1.29 is 9.21 Å². The van der Waals surface area contributed by atoms with Crippen molar-refractivity contribution in [1.29, 1.82) is 5.26 Å². The highest BCUT2D eigenvalue weighted by atomic mass is 32.1. The van der Waals surface area contributed by atoms with Crippen LogP contribution in [0, 0.1) is 11.3 Å². The van der Waals surface area contributed by atoms with E-state index in [2.05, 4.69) is 16.9 Å². The minimum Gasteiger partial charge on any atom is -0.467 e. The SMILES string of the molecule is C=CCn1c(=C(C#N)C(=O)NCc2ccco2)sc(=Cc2ccccn2)c1=O. The topological polar surface area (TPSA) is 101 Å². The average molecular weight is 392 g/mol. The highest BCUT2D eigenvalue weighted by molar-refractivity contribution is 7.07. The molecule has 0 aromatic carbocycles. The van der Waals surface area contributed by atoms with Gasteiger partial charge in [0, 0.05) is 12.7 Å². The summed E-state index contributed by atoms with van der Waals surface area (Å²) in [4.78, 5) is 29.5. The highest BCUT2D eigenvalue weighted by Crippen LogP contribution is 2.01.